The second kappa shape index (κ2) is 7.36. The van der Waals surface area contributed by atoms with Gasteiger partial charge in [-0.25, -0.2) is 0 Å². The third-order valence-corrected chi connectivity index (χ3v) is 3.40. The number of aliphatic hydroxyl groups is 1. The fourth-order valence-electron chi connectivity index (χ4n) is 2.03. The number of pyridine rings is 1. The maximum absolute atomic E-state index is 10.7. The first kappa shape index (κ1) is 15.7. The average molecular weight is 303 g/mol. The molecule has 2 aromatic rings. The number of aliphatic hydroxyl groups excluding tert-OH is 1. The molecule has 3 nitrogen and oxygen atoms in total. The predicted molar refractivity (Wildman–Crippen MR) is 87.2 cm³/mol. The van der Waals surface area contributed by atoms with Crippen LogP contribution in [-0.4, -0.2) is 35.6 Å². The van der Waals surface area contributed by atoms with Gasteiger partial charge in [0.15, 0.2) is 0 Å². The summed E-state index contributed by atoms with van der Waals surface area (Å²) in [5.41, 5.74) is 2.59. The summed E-state index contributed by atoms with van der Waals surface area (Å²) in [6.07, 6.45) is 4.70. The number of rotatable bonds is 5. The maximum atomic E-state index is 10.7. The van der Waals surface area contributed by atoms with Crippen molar-refractivity contribution in [3.63, 3.8) is 0 Å². The Bertz CT molecular complexity index is 594. The number of halogens is 1. The molecule has 0 saturated heterocycles. The highest BCUT2D eigenvalue weighted by atomic mass is 35.5. The quantitative estimate of drug-likeness (QED) is 0.919. The lowest BCUT2D eigenvalue weighted by molar-refractivity contribution is 0.237. The number of nitrogens with zero attached hydrogens (tertiary/aromatic N) is 2. The maximum Gasteiger partial charge on any atom is 0.106 e. The number of likely N-dealkylation sites (N-methyl/N-ethyl adjacent to an activating group) is 1. The van der Waals surface area contributed by atoms with Crippen molar-refractivity contribution in [3.8, 4) is 0 Å². The molecule has 0 amide bonds. The molecule has 1 atom stereocenters. The van der Waals surface area contributed by atoms with E-state index in [0.717, 1.165) is 23.2 Å². The van der Waals surface area contributed by atoms with Crippen LogP contribution in [0.4, 0.5) is 0 Å². The first-order valence-corrected chi connectivity index (χ1v) is 7.14. The minimum Gasteiger partial charge on any atom is -0.384 e. The topological polar surface area (TPSA) is 36.4 Å². The van der Waals surface area contributed by atoms with Gasteiger partial charge < -0.3 is 10.0 Å². The van der Waals surface area contributed by atoms with Crippen LogP contribution in [0, 0.1) is 0 Å². The highest BCUT2D eigenvalue weighted by molar-refractivity contribution is 6.30. The van der Waals surface area contributed by atoms with Gasteiger partial charge in [0, 0.05) is 29.5 Å². The summed E-state index contributed by atoms with van der Waals surface area (Å²) >= 11 is 5.94. The lowest BCUT2D eigenvalue weighted by Gasteiger charge is -2.17. The monoisotopic (exact) mass is 302 g/mol. The Hall–Kier alpha value is -1.68. The molecular weight excluding hydrogens is 284 g/mol. The van der Waals surface area contributed by atoms with E-state index in [4.69, 9.17) is 11.6 Å². The van der Waals surface area contributed by atoms with Gasteiger partial charge >= 0.3 is 0 Å². The molecular formula is C17H19ClN2O. The molecule has 2 rings (SSSR count). The molecule has 0 fully saturated rings. The Kier molecular flexibility index (Phi) is 5.51. The highest BCUT2D eigenvalue weighted by Crippen LogP contribution is 2.30. The second-order valence-corrected chi connectivity index (χ2v) is 5.55. The third-order valence-electron chi connectivity index (χ3n) is 3.15. The Balaban J connectivity index is 2.36. The van der Waals surface area contributed by atoms with Crippen LogP contribution in [0.3, 0.4) is 0 Å². The lowest BCUT2D eigenvalue weighted by Crippen LogP contribution is -2.12. The Labute approximate surface area is 130 Å². The summed E-state index contributed by atoms with van der Waals surface area (Å²) in [5, 5.41) is 11.3. The van der Waals surface area contributed by atoms with Crippen LogP contribution >= 0.6 is 11.6 Å². The van der Waals surface area contributed by atoms with Crippen molar-refractivity contribution >= 4 is 17.2 Å². The summed E-state index contributed by atoms with van der Waals surface area (Å²) in [7, 11) is 3.98. The van der Waals surface area contributed by atoms with Crippen molar-refractivity contribution in [3.05, 3.63) is 71.0 Å². The number of benzene rings is 1. The average Bonchev–Trinajstić information content (AvgIpc) is 2.49. The fraction of sp³-hybridized carbons (Fsp3) is 0.235. The van der Waals surface area contributed by atoms with Crippen LogP contribution in [0.2, 0.25) is 5.02 Å². The largest absolute Gasteiger partial charge is 0.384 e. The first-order valence-electron chi connectivity index (χ1n) is 6.76. The molecule has 0 aliphatic carbocycles. The summed E-state index contributed by atoms with van der Waals surface area (Å²) in [5.74, 6) is 0. The van der Waals surface area contributed by atoms with E-state index in [1.165, 1.54) is 0 Å². The molecule has 110 valence electrons. The van der Waals surface area contributed by atoms with E-state index in [0.29, 0.717) is 5.02 Å². The van der Waals surface area contributed by atoms with Crippen LogP contribution in [-0.2, 0) is 0 Å². The number of hydrogen-bond donors (Lipinski definition) is 1. The van der Waals surface area contributed by atoms with E-state index in [-0.39, 0.29) is 0 Å². The molecule has 0 aliphatic heterocycles. The van der Waals surface area contributed by atoms with Gasteiger partial charge in [-0.2, -0.15) is 0 Å². The van der Waals surface area contributed by atoms with Crippen LogP contribution in [0.1, 0.15) is 17.2 Å². The zero-order valence-electron chi connectivity index (χ0n) is 12.2. The minimum absolute atomic E-state index is 0.682. The van der Waals surface area contributed by atoms with Gasteiger partial charge in [-0.1, -0.05) is 35.9 Å². The predicted octanol–water partition coefficient (Wildman–Crippen LogP) is 3.41. The molecule has 0 spiro atoms. The lowest BCUT2D eigenvalue weighted by atomic mass is 9.95. The van der Waals surface area contributed by atoms with E-state index in [9.17, 15) is 5.11 Å². The van der Waals surface area contributed by atoms with Gasteiger partial charge in [0.25, 0.3) is 0 Å². The van der Waals surface area contributed by atoms with Gasteiger partial charge in [-0.15, -0.1) is 0 Å². The van der Waals surface area contributed by atoms with E-state index < -0.39 is 6.10 Å². The molecule has 21 heavy (non-hydrogen) atoms. The molecule has 1 unspecified atom stereocenters. The normalized spacial score (nSPS) is 13.5. The van der Waals surface area contributed by atoms with Crippen LogP contribution < -0.4 is 0 Å². The molecule has 0 bridgehead atoms. The summed E-state index contributed by atoms with van der Waals surface area (Å²) < 4.78 is 0. The van der Waals surface area contributed by atoms with E-state index in [2.05, 4.69) is 4.98 Å². The van der Waals surface area contributed by atoms with E-state index >= 15 is 0 Å². The Morgan fingerprint density at radius 2 is 2.00 bits per heavy atom. The highest BCUT2D eigenvalue weighted by Gasteiger charge is 2.15. The fourth-order valence-corrected chi connectivity index (χ4v) is 2.15. The molecule has 1 N–H and O–H groups in total. The Morgan fingerprint density at radius 1 is 1.29 bits per heavy atom. The van der Waals surface area contributed by atoms with Crippen molar-refractivity contribution in [2.75, 3.05) is 20.6 Å². The number of aromatic nitrogens is 1. The van der Waals surface area contributed by atoms with Gasteiger partial charge in [0.2, 0.25) is 0 Å². The van der Waals surface area contributed by atoms with Crippen molar-refractivity contribution in [1.29, 1.82) is 0 Å². The second-order valence-electron chi connectivity index (χ2n) is 5.12. The molecule has 1 aromatic heterocycles. The summed E-state index contributed by atoms with van der Waals surface area (Å²) in [6, 6.07) is 11.2. The van der Waals surface area contributed by atoms with Crippen LogP contribution in [0.15, 0.2) is 54.9 Å². The van der Waals surface area contributed by atoms with Crippen LogP contribution in [0.5, 0.6) is 0 Å². The van der Waals surface area contributed by atoms with Gasteiger partial charge in [0.1, 0.15) is 6.10 Å². The van der Waals surface area contributed by atoms with Gasteiger partial charge in [-0.05, 0) is 43.4 Å². The Morgan fingerprint density at radius 3 is 2.57 bits per heavy atom. The zero-order chi connectivity index (χ0) is 15.2. The molecule has 0 saturated carbocycles. The number of hydrogen-bond acceptors (Lipinski definition) is 3. The molecule has 0 radical (unpaired) electrons. The van der Waals surface area contributed by atoms with E-state index in [1.54, 1.807) is 12.4 Å². The summed E-state index contributed by atoms with van der Waals surface area (Å²) in [6.45, 7) is 0.745. The van der Waals surface area contributed by atoms with Crippen molar-refractivity contribution in [1.82, 2.24) is 9.88 Å². The minimum atomic E-state index is -0.708. The third kappa shape index (κ3) is 4.39. The SMILES string of the molecule is CN(C)CC=C(c1ccc(Cl)cc1)C(O)c1cccnc1. The van der Waals surface area contributed by atoms with Crippen LogP contribution in [0.25, 0.3) is 5.57 Å². The van der Waals surface area contributed by atoms with Gasteiger partial charge in [0.05, 0.1) is 0 Å². The van der Waals surface area contributed by atoms with Crippen molar-refractivity contribution in [2.24, 2.45) is 0 Å². The molecule has 4 heteroatoms. The zero-order valence-corrected chi connectivity index (χ0v) is 13.0. The molecule has 1 heterocycles. The smallest absolute Gasteiger partial charge is 0.106 e. The standard InChI is InChI=1S/C17H19ClN2O/c1-20(2)11-9-16(13-5-7-15(18)8-6-13)17(21)14-4-3-10-19-12-14/h3-10,12,17,21H,11H2,1-2H3. The summed E-state index contributed by atoms with van der Waals surface area (Å²) in [4.78, 5) is 6.12. The van der Waals surface area contributed by atoms with Crippen molar-refractivity contribution < 1.29 is 5.11 Å². The molecule has 1 aromatic carbocycles. The van der Waals surface area contributed by atoms with Crippen molar-refractivity contribution in [2.45, 2.75) is 6.10 Å². The first-order chi connectivity index (χ1) is 10.1. The van der Waals surface area contributed by atoms with E-state index in [1.807, 2.05) is 61.5 Å². The molecule has 0 aliphatic rings. The van der Waals surface area contributed by atoms with Gasteiger partial charge in [-0.3, -0.25) is 4.98 Å².